The number of rotatable bonds is 6. The molecule has 0 bridgehead atoms. The number of nitrogens with zero attached hydrogens (tertiary/aromatic N) is 1. The number of likely N-dealkylation sites (N-methyl/N-ethyl adjacent to an activating group) is 1. The number of allylic oxidation sites excluding steroid dienone is 1. The minimum Gasteiger partial charge on any atom is -0.402 e. The fourth-order valence-corrected chi connectivity index (χ4v) is 3.23. The summed E-state index contributed by atoms with van der Waals surface area (Å²) in [6.45, 7) is 5.78. The fourth-order valence-electron chi connectivity index (χ4n) is 3.23. The SMILES string of the molecule is CNC(=O)[C@]1(Nc2ccc(C#N)c(NC(=O)C=C(C)N)c2)CC1C(C)C. The molecule has 7 nitrogen and oxygen atoms in total. The molecule has 0 spiro atoms. The van der Waals surface area contributed by atoms with Gasteiger partial charge in [0.2, 0.25) is 11.8 Å². The summed E-state index contributed by atoms with van der Waals surface area (Å²) >= 11 is 0. The van der Waals surface area contributed by atoms with Crippen LogP contribution in [0.15, 0.2) is 30.0 Å². The molecule has 138 valence electrons. The maximum absolute atomic E-state index is 12.4. The smallest absolute Gasteiger partial charge is 0.250 e. The number of carbonyl (C=O) groups is 2. The highest BCUT2D eigenvalue weighted by Crippen LogP contribution is 2.50. The third-order valence-corrected chi connectivity index (χ3v) is 4.58. The second-order valence-electron chi connectivity index (χ2n) is 6.98. The third kappa shape index (κ3) is 3.97. The highest BCUT2D eigenvalue weighted by atomic mass is 16.2. The lowest BCUT2D eigenvalue weighted by atomic mass is 10.0. The molecule has 0 aliphatic heterocycles. The number of nitrogens with two attached hydrogens (primary N) is 1. The third-order valence-electron chi connectivity index (χ3n) is 4.58. The van der Waals surface area contributed by atoms with E-state index in [1.54, 1.807) is 32.2 Å². The predicted molar refractivity (Wildman–Crippen MR) is 101 cm³/mol. The monoisotopic (exact) mass is 355 g/mol. The summed E-state index contributed by atoms with van der Waals surface area (Å²) < 4.78 is 0. The molecule has 1 aromatic rings. The molecule has 0 aromatic heterocycles. The lowest BCUT2D eigenvalue weighted by molar-refractivity contribution is -0.122. The van der Waals surface area contributed by atoms with Gasteiger partial charge >= 0.3 is 0 Å². The average Bonchev–Trinajstić information content (AvgIpc) is 3.29. The summed E-state index contributed by atoms with van der Waals surface area (Å²) in [4.78, 5) is 24.3. The Labute approximate surface area is 153 Å². The van der Waals surface area contributed by atoms with E-state index in [4.69, 9.17) is 5.73 Å². The zero-order valence-electron chi connectivity index (χ0n) is 15.5. The van der Waals surface area contributed by atoms with Gasteiger partial charge in [-0.05, 0) is 43.4 Å². The zero-order chi connectivity index (χ0) is 19.5. The van der Waals surface area contributed by atoms with E-state index in [1.165, 1.54) is 6.08 Å². The fraction of sp³-hybridized carbons (Fsp3) is 0.421. The molecule has 0 saturated heterocycles. The number of anilines is 2. The van der Waals surface area contributed by atoms with Crippen LogP contribution in [-0.4, -0.2) is 24.4 Å². The molecule has 1 saturated carbocycles. The molecule has 1 aliphatic rings. The summed E-state index contributed by atoms with van der Waals surface area (Å²) in [6.07, 6.45) is 1.99. The van der Waals surface area contributed by atoms with Crippen LogP contribution in [0.25, 0.3) is 0 Å². The summed E-state index contributed by atoms with van der Waals surface area (Å²) in [7, 11) is 1.62. The number of hydrogen-bond donors (Lipinski definition) is 4. The molecule has 1 fully saturated rings. The van der Waals surface area contributed by atoms with Crippen molar-refractivity contribution in [2.75, 3.05) is 17.7 Å². The van der Waals surface area contributed by atoms with Crippen molar-refractivity contribution in [2.24, 2.45) is 17.6 Å². The van der Waals surface area contributed by atoms with Gasteiger partial charge < -0.3 is 21.7 Å². The quantitative estimate of drug-likeness (QED) is 0.581. The van der Waals surface area contributed by atoms with Gasteiger partial charge in [-0.15, -0.1) is 0 Å². The molecular weight excluding hydrogens is 330 g/mol. The standard InChI is InChI=1S/C19H25N5O2/c1-11(2)15-9-19(15,18(26)22-4)24-14-6-5-13(10-20)16(8-14)23-17(25)7-12(3)21/h5-8,11,15,24H,9,21H2,1-4H3,(H,22,26)(H,23,25)/t15?,19-/m0/s1. The van der Waals surface area contributed by atoms with Crippen LogP contribution in [-0.2, 0) is 9.59 Å². The lowest BCUT2D eigenvalue weighted by Gasteiger charge is -2.21. The number of hydrogen-bond acceptors (Lipinski definition) is 5. The number of nitriles is 1. The summed E-state index contributed by atoms with van der Waals surface area (Å²) in [5.74, 6) is 0.105. The molecule has 7 heteroatoms. The van der Waals surface area contributed by atoms with Crippen LogP contribution in [0.4, 0.5) is 11.4 Å². The Hall–Kier alpha value is -3.01. The van der Waals surface area contributed by atoms with Crippen molar-refractivity contribution in [3.05, 3.63) is 35.5 Å². The predicted octanol–water partition coefficient (Wildman–Crippen LogP) is 1.93. The first-order valence-corrected chi connectivity index (χ1v) is 8.52. The van der Waals surface area contributed by atoms with Crippen LogP contribution in [0.2, 0.25) is 0 Å². The Kier molecular flexibility index (Phi) is 5.56. The molecule has 26 heavy (non-hydrogen) atoms. The number of amides is 2. The average molecular weight is 355 g/mol. The molecule has 1 unspecified atom stereocenters. The van der Waals surface area contributed by atoms with Crippen molar-refractivity contribution < 1.29 is 9.59 Å². The molecule has 2 atom stereocenters. The zero-order valence-corrected chi connectivity index (χ0v) is 15.5. The summed E-state index contributed by atoms with van der Waals surface area (Å²) in [6, 6.07) is 7.06. The number of nitrogens with one attached hydrogen (secondary N) is 3. The normalized spacial score (nSPS) is 21.7. The second-order valence-corrected chi connectivity index (χ2v) is 6.98. The molecule has 2 rings (SSSR count). The van der Waals surface area contributed by atoms with Crippen molar-refractivity contribution in [1.82, 2.24) is 5.32 Å². The Bertz CT molecular complexity index is 790. The summed E-state index contributed by atoms with van der Waals surface area (Å²) in [5, 5.41) is 17.9. The van der Waals surface area contributed by atoms with Crippen molar-refractivity contribution in [3.8, 4) is 6.07 Å². The largest absolute Gasteiger partial charge is 0.402 e. The van der Waals surface area contributed by atoms with Crippen LogP contribution in [0.5, 0.6) is 0 Å². The molecular formula is C19H25N5O2. The Balaban J connectivity index is 2.29. The number of carbonyl (C=O) groups excluding carboxylic acids is 2. The van der Waals surface area contributed by atoms with Crippen LogP contribution in [0.3, 0.4) is 0 Å². The Morgan fingerprint density at radius 2 is 2.12 bits per heavy atom. The Morgan fingerprint density at radius 1 is 1.42 bits per heavy atom. The molecule has 1 aliphatic carbocycles. The maximum Gasteiger partial charge on any atom is 0.250 e. The van der Waals surface area contributed by atoms with E-state index in [9.17, 15) is 14.9 Å². The minimum absolute atomic E-state index is 0.0622. The van der Waals surface area contributed by atoms with E-state index in [2.05, 4.69) is 29.8 Å². The van der Waals surface area contributed by atoms with Gasteiger partial charge in [0.15, 0.2) is 0 Å². The summed E-state index contributed by atoms with van der Waals surface area (Å²) in [5.41, 5.74) is 6.58. The van der Waals surface area contributed by atoms with Crippen molar-refractivity contribution in [1.29, 1.82) is 5.26 Å². The van der Waals surface area contributed by atoms with Crippen molar-refractivity contribution in [2.45, 2.75) is 32.7 Å². The first-order chi connectivity index (χ1) is 12.2. The van der Waals surface area contributed by atoms with Crippen LogP contribution in [0.1, 0.15) is 32.8 Å². The number of benzene rings is 1. The van der Waals surface area contributed by atoms with E-state index in [1.807, 2.05) is 6.07 Å². The minimum atomic E-state index is -0.661. The van der Waals surface area contributed by atoms with Crippen LogP contribution in [0, 0.1) is 23.2 Å². The molecule has 2 amide bonds. The molecule has 1 aromatic carbocycles. The first kappa shape index (κ1) is 19.3. The van der Waals surface area contributed by atoms with Gasteiger partial charge in [0, 0.05) is 24.5 Å². The lowest BCUT2D eigenvalue weighted by Crippen LogP contribution is -2.42. The van der Waals surface area contributed by atoms with Crippen LogP contribution < -0.4 is 21.7 Å². The Morgan fingerprint density at radius 3 is 2.62 bits per heavy atom. The van der Waals surface area contributed by atoms with Gasteiger partial charge in [-0.25, -0.2) is 0 Å². The van der Waals surface area contributed by atoms with Gasteiger partial charge in [0.1, 0.15) is 11.6 Å². The van der Waals surface area contributed by atoms with E-state index < -0.39 is 11.4 Å². The highest BCUT2D eigenvalue weighted by molar-refractivity contribution is 6.01. The van der Waals surface area contributed by atoms with Gasteiger partial charge in [-0.2, -0.15) is 5.26 Å². The van der Waals surface area contributed by atoms with E-state index in [-0.39, 0.29) is 11.8 Å². The van der Waals surface area contributed by atoms with Gasteiger partial charge in [0.05, 0.1) is 11.3 Å². The topological polar surface area (TPSA) is 120 Å². The van der Waals surface area contributed by atoms with Gasteiger partial charge in [0.25, 0.3) is 0 Å². The van der Waals surface area contributed by atoms with E-state index >= 15 is 0 Å². The first-order valence-electron chi connectivity index (χ1n) is 8.52. The molecule has 0 heterocycles. The molecule has 5 N–H and O–H groups in total. The van der Waals surface area contributed by atoms with Crippen molar-refractivity contribution >= 4 is 23.2 Å². The van der Waals surface area contributed by atoms with Crippen LogP contribution >= 0.6 is 0 Å². The van der Waals surface area contributed by atoms with E-state index in [0.29, 0.717) is 28.6 Å². The van der Waals surface area contributed by atoms with Gasteiger partial charge in [-0.1, -0.05) is 13.8 Å². The maximum atomic E-state index is 12.4. The van der Waals surface area contributed by atoms with Gasteiger partial charge in [-0.3, -0.25) is 9.59 Å². The van der Waals surface area contributed by atoms with E-state index in [0.717, 1.165) is 6.42 Å². The van der Waals surface area contributed by atoms with Crippen molar-refractivity contribution in [3.63, 3.8) is 0 Å². The molecule has 0 radical (unpaired) electrons. The second kappa shape index (κ2) is 7.48. The highest BCUT2D eigenvalue weighted by Gasteiger charge is 2.60.